The van der Waals surface area contributed by atoms with E-state index in [0.717, 1.165) is 5.56 Å². The van der Waals surface area contributed by atoms with Crippen LogP contribution in [0.1, 0.15) is 22.0 Å². The average molecular weight is 409 g/mol. The van der Waals surface area contributed by atoms with Gasteiger partial charge >= 0.3 is 0 Å². The molecule has 2 amide bonds. The van der Waals surface area contributed by atoms with Gasteiger partial charge in [0, 0.05) is 25.1 Å². The topological polar surface area (TPSA) is 137 Å². The second kappa shape index (κ2) is 8.03. The summed E-state index contributed by atoms with van der Waals surface area (Å²) in [4.78, 5) is 31.1. The molecule has 1 aliphatic heterocycles. The predicted molar refractivity (Wildman–Crippen MR) is 111 cm³/mol. The Morgan fingerprint density at radius 3 is 2.50 bits per heavy atom. The monoisotopic (exact) mass is 409 g/mol. The van der Waals surface area contributed by atoms with Crippen molar-refractivity contribution in [1.29, 1.82) is 0 Å². The summed E-state index contributed by atoms with van der Waals surface area (Å²) >= 11 is 0. The van der Waals surface area contributed by atoms with Gasteiger partial charge in [-0.25, -0.2) is 4.98 Å². The van der Waals surface area contributed by atoms with Crippen molar-refractivity contribution in [3.8, 4) is 5.75 Å². The van der Waals surface area contributed by atoms with E-state index in [9.17, 15) is 14.7 Å². The molecule has 2 heterocycles. The molecule has 9 nitrogen and oxygen atoms in total. The highest BCUT2D eigenvalue weighted by Gasteiger charge is 2.25. The highest BCUT2D eigenvalue weighted by atomic mass is 16.5. The van der Waals surface area contributed by atoms with Gasteiger partial charge in [0.2, 0.25) is 11.9 Å². The summed E-state index contributed by atoms with van der Waals surface area (Å²) in [6.45, 7) is 2.13. The van der Waals surface area contributed by atoms with Crippen molar-refractivity contribution in [1.82, 2.24) is 14.5 Å². The number of carbonyl (C=O) groups is 2. The molecule has 156 valence electrons. The molecular formula is C21H23N5O4. The first-order valence-corrected chi connectivity index (χ1v) is 9.66. The fraction of sp³-hybridized carbons (Fsp3) is 0.286. The number of hydrogen-bond acceptors (Lipinski definition) is 6. The van der Waals surface area contributed by atoms with Gasteiger partial charge in [-0.1, -0.05) is 12.1 Å². The Hall–Kier alpha value is -3.59. The van der Waals surface area contributed by atoms with Gasteiger partial charge in [-0.2, -0.15) is 0 Å². The third kappa shape index (κ3) is 3.79. The number of hydrogen-bond donors (Lipinski definition) is 3. The number of rotatable bonds is 5. The fourth-order valence-corrected chi connectivity index (χ4v) is 3.70. The van der Waals surface area contributed by atoms with Crippen LogP contribution in [0.3, 0.4) is 0 Å². The lowest BCUT2D eigenvalue weighted by Crippen LogP contribution is -2.40. The van der Waals surface area contributed by atoms with Crippen molar-refractivity contribution in [2.45, 2.75) is 12.5 Å². The lowest BCUT2D eigenvalue weighted by Gasteiger charge is -2.26. The van der Waals surface area contributed by atoms with E-state index in [1.807, 2.05) is 0 Å². The molecule has 3 aromatic rings. The minimum Gasteiger partial charge on any atom is -0.508 e. The number of amides is 2. The summed E-state index contributed by atoms with van der Waals surface area (Å²) in [5.74, 6) is -0.366. The SMILES string of the molecule is NC(=O)[C@H](Cc1ccc(O)cc1)n1c(N)nc2cc(C(=O)N3CCOCC3)ccc21. The van der Waals surface area contributed by atoms with E-state index in [1.165, 1.54) is 0 Å². The molecule has 0 aliphatic carbocycles. The van der Waals surface area contributed by atoms with Gasteiger partial charge in [-0.15, -0.1) is 0 Å². The Kier molecular flexibility index (Phi) is 5.28. The van der Waals surface area contributed by atoms with Crippen LogP contribution in [0.2, 0.25) is 0 Å². The first-order valence-electron chi connectivity index (χ1n) is 9.66. The Bertz CT molecular complexity index is 1090. The Labute approximate surface area is 172 Å². The van der Waals surface area contributed by atoms with Crippen LogP contribution in [0.4, 0.5) is 5.95 Å². The van der Waals surface area contributed by atoms with Gasteiger partial charge in [0.05, 0.1) is 24.2 Å². The number of fused-ring (bicyclic) bond motifs is 1. The highest BCUT2D eigenvalue weighted by molar-refractivity contribution is 5.98. The summed E-state index contributed by atoms with van der Waals surface area (Å²) in [7, 11) is 0. The van der Waals surface area contributed by atoms with Crippen LogP contribution in [-0.2, 0) is 16.0 Å². The molecule has 1 fully saturated rings. The number of nitrogen functional groups attached to an aromatic ring is 1. The average Bonchev–Trinajstić information content (AvgIpc) is 3.08. The molecule has 1 saturated heterocycles. The van der Waals surface area contributed by atoms with E-state index in [2.05, 4.69) is 4.98 Å². The molecular weight excluding hydrogens is 386 g/mol. The van der Waals surface area contributed by atoms with Crippen molar-refractivity contribution >= 4 is 28.8 Å². The fourth-order valence-electron chi connectivity index (χ4n) is 3.70. The molecule has 9 heteroatoms. The van der Waals surface area contributed by atoms with Gasteiger partial charge in [-0.05, 0) is 35.9 Å². The molecule has 5 N–H and O–H groups in total. The molecule has 30 heavy (non-hydrogen) atoms. The molecule has 0 unspecified atom stereocenters. The summed E-state index contributed by atoms with van der Waals surface area (Å²) in [6, 6.07) is 10.9. The van der Waals surface area contributed by atoms with Crippen LogP contribution >= 0.6 is 0 Å². The molecule has 0 bridgehead atoms. The zero-order valence-corrected chi connectivity index (χ0v) is 16.3. The number of morpholine rings is 1. The number of primary amides is 1. The molecule has 0 saturated carbocycles. The largest absolute Gasteiger partial charge is 0.508 e. The summed E-state index contributed by atoms with van der Waals surface area (Å²) in [5.41, 5.74) is 14.3. The number of aromatic hydroxyl groups is 1. The van der Waals surface area contributed by atoms with Crippen molar-refractivity contribution < 1.29 is 19.4 Å². The van der Waals surface area contributed by atoms with Crippen LogP contribution < -0.4 is 11.5 Å². The van der Waals surface area contributed by atoms with Gasteiger partial charge < -0.3 is 26.2 Å². The first-order chi connectivity index (χ1) is 14.4. The van der Waals surface area contributed by atoms with Crippen LogP contribution in [0.15, 0.2) is 42.5 Å². The van der Waals surface area contributed by atoms with Crippen LogP contribution in [0.5, 0.6) is 5.75 Å². The maximum absolute atomic E-state index is 12.8. The van der Waals surface area contributed by atoms with Gasteiger partial charge in [0.25, 0.3) is 5.91 Å². The van der Waals surface area contributed by atoms with Crippen molar-refractivity contribution in [3.05, 3.63) is 53.6 Å². The second-order valence-corrected chi connectivity index (χ2v) is 7.24. The number of benzene rings is 2. The number of ether oxygens (including phenoxy) is 1. The standard InChI is InChI=1S/C21H23N5O4/c22-19(28)18(11-13-1-4-15(27)5-2-13)26-17-6-3-14(12-16(17)24-21(26)23)20(29)25-7-9-30-10-8-25/h1-6,12,18,27H,7-11H2,(H2,22,28)(H2,23,24)/t18-/m0/s1. The van der Waals surface area contributed by atoms with E-state index < -0.39 is 11.9 Å². The van der Waals surface area contributed by atoms with E-state index in [4.69, 9.17) is 16.2 Å². The molecule has 1 aromatic heterocycles. The smallest absolute Gasteiger partial charge is 0.254 e. The van der Waals surface area contributed by atoms with Crippen molar-refractivity contribution in [2.75, 3.05) is 32.0 Å². The Morgan fingerprint density at radius 2 is 1.83 bits per heavy atom. The number of anilines is 1. The predicted octanol–water partition coefficient (Wildman–Crippen LogP) is 1.07. The molecule has 0 radical (unpaired) electrons. The molecule has 1 aliphatic rings. The zero-order chi connectivity index (χ0) is 21.3. The third-order valence-electron chi connectivity index (χ3n) is 5.27. The third-order valence-corrected chi connectivity index (χ3v) is 5.27. The summed E-state index contributed by atoms with van der Waals surface area (Å²) in [5, 5.41) is 9.47. The normalized spacial score (nSPS) is 15.3. The zero-order valence-electron chi connectivity index (χ0n) is 16.3. The van der Waals surface area contributed by atoms with Gasteiger partial charge in [-0.3, -0.25) is 14.2 Å². The molecule has 0 spiro atoms. The van der Waals surface area contributed by atoms with Crippen LogP contribution in [0.25, 0.3) is 11.0 Å². The van der Waals surface area contributed by atoms with Crippen molar-refractivity contribution in [3.63, 3.8) is 0 Å². The van der Waals surface area contributed by atoms with E-state index in [-0.39, 0.29) is 17.6 Å². The first kappa shape index (κ1) is 19.7. The Balaban J connectivity index is 1.67. The highest BCUT2D eigenvalue weighted by Crippen LogP contribution is 2.27. The van der Waals surface area contributed by atoms with E-state index in [1.54, 1.807) is 51.9 Å². The summed E-state index contributed by atoms with van der Waals surface area (Å²) < 4.78 is 6.89. The maximum atomic E-state index is 12.8. The minimum absolute atomic E-state index is 0.0936. The number of aromatic nitrogens is 2. The van der Waals surface area contributed by atoms with Gasteiger partial charge in [0.1, 0.15) is 11.8 Å². The number of nitrogens with two attached hydrogens (primary N) is 2. The van der Waals surface area contributed by atoms with Crippen LogP contribution in [-0.4, -0.2) is 57.7 Å². The Morgan fingerprint density at radius 1 is 1.13 bits per heavy atom. The van der Waals surface area contributed by atoms with E-state index in [0.29, 0.717) is 49.3 Å². The van der Waals surface area contributed by atoms with Crippen molar-refractivity contribution in [2.24, 2.45) is 5.73 Å². The number of carbonyl (C=O) groups excluding carboxylic acids is 2. The van der Waals surface area contributed by atoms with Crippen LogP contribution in [0, 0.1) is 0 Å². The lowest BCUT2D eigenvalue weighted by atomic mass is 10.0. The number of phenols is 1. The number of nitrogens with zero attached hydrogens (tertiary/aromatic N) is 3. The maximum Gasteiger partial charge on any atom is 0.254 e. The lowest BCUT2D eigenvalue weighted by molar-refractivity contribution is -0.121. The molecule has 4 rings (SSSR count). The molecule has 2 aromatic carbocycles. The second-order valence-electron chi connectivity index (χ2n) is 7.24. The summed E-state index contributed by atoms with van der Waals surface area (Å²) in [6.07, 6.45) is 0.291. The quantitative estimate of drug-likeness (QED) is 0.576. The number of imidazole rings is 1. The van der Waals surface area contributed by atoms with E-state index >= 15 is 0 Å². The number of phenolic OH excluding ortho intramolecular Hbond substituents is 1. The minimum atomic E-state index is -0.764. The molecule has 1 atom stereocenters. The van der Waals surface area contributed by atoms with Gasteiger partial charge in [0.15, 0.2) is 0 Å².